The zero-order valence-electron chi connectivity index (χ0n) is 19.3. The number of aryl methyl sites for hydroxylation is 2. The molecule has 3 aromatic rings. The van der Waals surface area contributed by atoms with Crippen molar-refractivity contribution in [1.82, 2.24) is 4.90 Å². The van der Waals surface area contributed by atoms with Gasteiger partial charge < -0.3 is 14.5 Å². The average Bonchev–Trinajstić information content (AvgIpc) is 3.41. The third-order valence-electron chi connectivity index (χ3n) is 5.41. The molecule has 3 amide bonds. The van der Waals surface area contributed by atoms with Crippen molar-refractivity contribution in [2.75, 3.05) is 19.0 Å². The first-order valence-electron chi connectivity index (χ1n) is 10.7. The van der Waals surface area contributed by atoms with E-state index in [-0.39, 0.29) is 11.4 Å². The third kappa shape index (κ3) is 5.20. The Morgan fingerprint density at radius 3 is 2.37 bits per heavy atom. The molecule has 2 aromatic carbocycles. The van der Waals surface area contributed by atoms with E-state index in [1.54, 1.807) is 36.4 Å². The van der Waals surface area contributed by atoms with Gasteiger partial charge in [-0.2, -0.15) is 0 Å². The maximum Gasteiger partial charge on any atom is 0.337 e. The van der Waals surface area contributed by atoms with Gasteiger partial charge in [-0.1, -0.05) is 30.3 Å². The van der Waals surface area contributed by atoms with E-state index in [2.05, 4.69) is 5.32 Å². The highest BCUT2D eigenvalue weighted by Gasteiger charge is 2.36. The van der Waals surface area contributed by atoms with Crippen molar-refractivity contribution in [1.29, 1.82) is 0 Å². The lowest BCUT2D eigenvalue weighted by Gasteiger charge is -2.15. The molecule has 178 valence electrons. The molecular formula is C26H22N2O6S. The second-order valence-corrected chi connectivity index (χ2v) is 8.85. The van der Waals surface area contributed by atoms with E-state index in [1.165, 1.54) is 13.2 Å². The molecule has 1 aromatic heterocycles. The van der Waals surface area contributed by atoms with Crippen LogP contribution in [0.25, 0.3) is 17.4 Å². The van der Waals surface area contributed by atoms with Crippen LogP contribution in [0.3, 0.4) is 0 Å². The number of nitrogens with zero attached hydrogens (tertiary/aromatic N) is 1. The number of amides is 3. The summed E-state index contributed by atoms with van der Waals surface area (Å²) >= 11 is 0.751. The average molecular weight is 491 g/mol. The van der Waals surface area contributed by atoms with Crippen molar-refractivity contribution in [3.05, 3.63) is 82.0 Å². The fourth-order valence-electron chi connectivity index (χ4n) is 3.57. The molecule has 8 nitrogen and oxygen atoms in total. The quantitative estimate of drug-likeness (QED) is 0.382. The minimum Gasteiger partial charge on any atom is -0.465 e. The number of carbonyl (C=O) groups is 4. The van der Waals surface area contributed by atoms with Crippen LogP contribution in [-0.2, 0) is 14.3 Å². The number of rotatable bonds is 6. The summed E-state index contributed by atoms with van der Waals surface area (Å²) in [6.45, 7) is 3.36. The van der Waals surface area contributed by atoms with E-state index in [1.807, 2.05) is 32.0 Å². The molecular weight excluding hydrogens is 468 g/mol. The predicted molar refractivity (Wildman–Crippen MR) is 133 cm³/mol. The number of ether oxygens (including phenoxy) is 1. The van der Waals surface area contributed by atoms with Gasteiger partial charge in [-0.15, -0.1) is 0 Å². The highest BCUT2D eigenvalue weighted by atomic mass is 32.2. The van der Waals surface area contributed by atoms with E-state index in [4.69, 9.17) is 9.15 Å². The van der Waals surface area contributed by atoms with E-state index >= 15 is 0 Å². The zero-order chi connectivity index (χ0) is 25.1. The van der Waals surface area contributed by atoms with Crippen LogP contribution in [0, 0.1) is 13.8 Å². The Hall–Kier alpha value is -4.11. The van der Waals surface area contributed by atoms with E-state index in [9.17, 15) is 19.2 Å². The Bertz CT molecular complexity index is 1340. The minimum atomic E-state index is -0.558. The van der Waals surface area contributed by atoms with Gasteiger partial charge in [-0.3, -0.25) is 19.3 Å². The van der Waals surface area contributed by atoms with Crippen LogP contribution in [0.1, 0.15) is 27.2 Å². The summed E-state index contributed by atoms with van der Waals surface area (Å²) in [6, 6.07) is 15.7. The van der Waals surface area contributed by atoms with Crippen LogP contribution in [0.2, 0.25) is 0 Å². The minimum absolute atomic E-state index is 0.164. The molecule has 0 aliphatic carbocycles. The fraction of sp³-hybridized carbons (Fsp3) is 0.154. The van der Waals surface area contributed by atoms with Crippen LogP contribution >= 0.6 is 11.8 Å². The summed E-state index contributed by atoms with van der Waals surface area (Å²) in [7, 11) is 1.31. The molecule has 0 saturated carbocycles. The molecule has 2 heterocycles. The summed E-state index contributed by atoms with van der Waals surface area (Å²) in [6.07, 6.45) is 1.47. The highest BCUT2D eigenvalue weighted by molar-refractivity contribution is 8.18. The third-order valence-corrected chi connectivity index (χ3v) is 6.32. The largest absolute Gasteiger partial charge is 0.465 e. The Balaban J connectivity index is 1.45. The van der Waals surface area contributed by atoms with E-state index in [0.717, 1.165) is 33.4 Å². The van der Waals surface area contributed by atoms with Crippen molar-refractivity contribution in [3.8, 4) is 11.3 Å². The highest BCUT2D eigenvalue weighted by Crippen LogP contribution is 2.33. The molecule has 0 spiro atoms. The molecule has 0 radical (unpaired) electrons. The number of esters is 1. The second kappa shape index (κ2) is 10.0. The monoisotopic (exact) mass is 490 g/mol. The van der Waals surface area contributed by atoms with Gasteiger partial charge in [0, 0.05) is 17.3 Å². The number of hydrogen-bond acceptors (Lipinski definition) is 7. The number of para-hydroxylation sites is 1. The van der Waals surface area contributed by atoms with Crippen molar-refractivity contribution >= 4 is 46.5 Å². The summed E-state index contributed by atoms with van der Waals surface area (Å²) in [5.41, 5.74) is 3.59. The Morgan fingerprint density at radius 2 is 1.71 bits per heavy atom. The first-order valence-corrected chi connectivity index (χ1v) is 11.5. The molecule has 1 aliphatic rings. The lowest BCUT2D eigenvalue weighted by atomic mass is 10.1. The maximum absolute atomic E-state index is 12.8. The second-order valence-electron chi connectivity index (χ2n) is 7.85. The van der Waals surface area contributed by atoms with Gasteiger partial charge in [0.25, 0.3) is 11.1 Å². The number of benzene rings is 2. The number of carbonyl (C=O) groups excluding carboxylic acids is 4. The normalized spacial score (nSPS) is 14.5. The molecule has 1 aliphatic heterocycles. The number of anilines is 1. The predicted octanol–water partition coefficient (Wildman–Crippen LogP) is 5.03. The topological polar surface area (TPSA) is 106 Å². The Kier molecular flexibility index (Phi) is 6.88. The fourth-order valence-corrected chi connectivity index (χ4v) is 4.39. The van der Waals surface area contributed by atoms with E-state index < -0.39 is 23.0 Å². The van der Waals surface area contributed by atoms with Crippen LogP contribution in [0.5, 0.6) is 0 Å². The zero-order valence-corrected chi connectivity index (χ0v) is 20.1. The van der Waals surface area contributed by atoms with Crippen molar-refractivity contribution in [2.45, 2.75) is 13.8 Å². The van der Waals surface area contributed by atoms with Gasteiger partial charge >= 0.3 is 5.97 Å². The molecule has 1 saturated heterocycles. The van der Waals surface area contributed by atoms with Crippen LogP contribution in [0.15, 0.2) is 63.9 Å². The number of thioether (sulfide) groups is 1. The number of hydrogen-bond donors (Lipinski definition) is 1. The molecule has 35 heavy (non-hydrogen) atoms. The molecule has 9 heteroatoms. The molecule has 1 fully saturated rings. The lowest BCUT2D eigenvalue weighted by molar-refractivity contribution is -0.127. The summed E-state index contributed by atoms with van der Waals surface area (Å²) < 4.78 is 10.5. The van der Waals surface area contributed by atoms with Gasteiger partial charge in [-0.05, 0) is 61.0 Å². The van der Waals surface area contributed by atoms with Crippen molar-refractivity contribution in [2.24, 2.45) is 0 Å². The first kappa shape index (κ1) is 24.0. The Labute approximate surface area is 205 Å². The van der Waals surface area contributed by atoms with Gasteiger partial charge in [0.15, 0.2) is 0 Å². The Morgan fingerprint density at radius 1 is 1.03 bits per heavy atom. The maximum atomic E-state index is 12.8. The number of furan rings is 1. The van der Waals surface area contributed by atoms with Crippen molar-refractivity contribution in [3.63, 3.8) is 0 Å². The first-order chi connectivity index (χ1) is 16.8. The van der Waals surface area contributed by atoms with Gasteiger partial charge in [0.2, 0.25) is 5.91 Å². The summed E-state index contributed by atoms with van der Waals surface area (Å²) in [4.78, 5) is 50.4. The molecule has 0 unspecified atom stereocenters. The number of imide groups is 1. The van der Waals surface area contributed by atoms with Gasteiger partial charge in [0.05, 0.1) is 17.6 Å². The SMILES string of the molecule is COC(=O)c1ccc(-c2ccc(/C=C3/SC(=O)N(CC(=O)Nc4c(C)cccc4C)C3=O)o2)cc1. The lowest BCUT2D eigenvalue weighted by Crippen LogP contribution is -2.36. The number of nitrogens with one attached hydrogen (secondary N) is 1. The summed E-state index contributed by atoms with van der Waals surface area (Å²) in [5.74, 6) is -0.545. The molecule has 0 bridgehead atoms. The van der Waals surface area contributed by atoms with Crippen LogP contribution in [-0.4, -0.2) is 41.6 Å². The van der Waals surface area contributed by atoms with Gasteiger partial charge in [-0.25, -0.2) is 4.79 Å². The number of methoxy groups -OCH3 is 1. The molecule has 4 rings (SSSR count). The standard InChI is InChI=1S/C26H22N2O6S/c1-15-5-4-6-16(2)23(15)27-22(29)14-28-24(30)21(35-26(28)32)13-19-11-12-20(34-19)17-7-9-18(10-8-17)25(31)33-3/h4-13H,14H2,1-3H3,(H,27,29)/b21-13+. The van der Waals surface area contributed by atoms with Gasteiger partial charge in [0.1, 0.15) is 18.1 Å². The van der Waals surface area contributed by atoms with E-state index in [0.29, 0.717) is 22.8 Å². The molecule has 0 atom stereocenters. The van der Waals surface area contributed by atoms with Crippen LogP contribution < -0.4 is 5.32 Å². The van der Waals surface area contributed by atoms with Crippen molar-refractivity contribution < 1.29 is 28.3 Å². The smallest absolute Gasteiger partial charge is 0.337 e. The van der Waals surface area contributed by atoms with Crippen LogP contribution in [0.4, 0.5) is 10.5 Å². The summed E-state index contributed by atoms with van der Waals surface area (Å²) in [5, 5.41) is 2.26. The molecule has 1 N–H and O–H groups in total.